The van der Waals surface area contributed by atoms with E-state index in [2.05, 4.69) is 42.8 Å². The zero-order valence-corrected chi connectivity index (χ0v) is 24.4. The highest BCUT2D eigenvalue weighted by Crippen LogP contribution is 2.28. The van der Waals surface area contributed by atoms with Crippen LogP contribution in [0.3, 0.4) is 0 Å². The van der Waals surface area contributed by atoms with E-state index in [0.717, 1.165) is 57.6 Å². The van der Waals surface area contributed by atoms with E-state index in [4.69, 9.17) is 15.7 Å². The van der Waals surface area contributed by atoms with Gasteiger partial charge in [-0.2, -0.15) is 0 Å². The summed E-state index contributed by atoms with van der Waals surface area (Å²) in [6.45, 7) is 7.72. The van der Waals surface area contributed by atoms with Crippen LogP contribution in [0.2, 0.25) is 0 Å². The number of anilines is 3. The van der Waals surface area contributed by atoms with E-state index in [9.17, 15) is 4.79 Å². The molecule has 0 spiro atoms. The molecule has 0 bridgehead atoms. The lowest BCUT2D eigenvalue weighted by atomic mass is 10.0. The van der Waals surface area contributed by atoms with Gasteiger partial charge in [0.15, 0.2) is 0 Å². The van der Waals surface area contributed by atoms with Gasteiger partial charge in [-0.25, -0.2) is 9.97 Å². The monoisotopic (exact) mass is 558 g/mol. The highest BCUT2D eigenvalue weighted by Gasteiger charge is 2.13. The van der Waals surface area contributed by atoms with Gasteiger partial charge in [0.05, 0.1) is 11.2 Å². The minimum Gasteiger partial charge on any atom is -0.326 e. The number of hydrogen-bond acceptors (Lipinski definition) is 6. The maximum absolute atomic E-state index is 13.2. The number of hydrogen-bond donors (Lipinski definition) is 4. The average Bonchev–Trinajstić information content (AvgIpc) is 3.00. The Morgan fingerprint density at radius 2 is 1.60 bits per heavy atom. The Bertz CT molecular complexity index is 1650. The fourth-order valence-corrected chi connectivity index (χ4v) is 5.09. The first kappa shape index (κ1) is 28.9. The summed E-state index contributed by atoms with van der Waals surface area (Å²) >= 11 is 0. The molecular formula is C35H38N6O. The fourth-order valence-electron chi connectivity index (χ4n) is 5.09. The number of aromatic nitrogens is 2. The molecule has 7 nitrogen and oxygen atoms in total. The standard InChI is InChI=1S/C35H38N6O/c1-23(2)19-24(3)37-22-25-13-14-28(21-36)32(20-25)39-34(42)27-15-17-29(18-16-27)38-35-40-31-12-8-7-11-30(31)33(41-35)26-9-5-4-6-10-26/h4-18,20,23-24,37H,19,21-22,36H2,1-3H3,(H,39,42)(H,38,40,41). The highest BCUT2D eigenvalue weighted by molar-refractivity contribution is 6.05. The van der Waals surface area contributed by atoms with Crippen molar-refractivity contribution < 1.29 is 4.79 Å². The number of rotatable bonds is 11. The molecule has 0 radical (unpaired) electrons. The van der Waals surface area contributed by atoms with Crippen molar-refractivity contribution in [3.63, 3.8) is 0 Å². The summed E-state index contributed by atoms with van der Waals surface area (Å²) in [4.78, 5) is 22.7. The second-order valence-corrected chi connectivity index (χ2v) is 11.0. The van der Waals surface area contributed by atoms with Crippen LogP contribution in [0.5, 0.6) is 0 Å². The Morgan fingerprint density at radius 3 is 2.33 bits per heavy atom. The second kappa shape index (κ2) is 13.4. The van der Waals surface area contributed by atoms with Crippen molar-refractivity contribution in [2.45, 2.75) is 46.3 Å². The van der Waals surface area contributed by atoms with Crippen molar-refractivity contribution in [3.05, 3.63) is 114 Å². The van der Waals surface area contributed by atoms with Gasteiger partial charge in [0.2, 0.25) is 5.95 Å². The van der Waals surface area contributed by atoms with Gasteiger partial charge in [-0.05, 0) is 66.8 Å². The average molecular weight is 559 g/mol. The van der Waals surface area contributed by atoms with Crippen LogP contribution >= 0.6 is 0 Å². The van der Waals surface area contributed by atoms with Crippen LogP contribution in [-0.4, -0.2) is 21.9 Å². The molecule has 1 amide bonds. The number of carbonyl (C=O) groups excluding carboxylic acids is 1. The van der Waals surface area contributed by atoms with Gasteiger partial charge in [0.25, 0.3) is 5.91 Å². The lowest BCUT2D eigenvalue weighted by Gasteiger charge is -2.17. The van der Waals surface area contributed by atoms with Crippen LogP contribution in [0.25, 0.3) is 22.2 Å². The van der Waals surface area contributed by atoms with Crippen LogP contribution in [-0.2, 0) is 13.1 Å². The van der Waals surface area contributed by atoms with Crippen molar-refractivity contribution in [3.8, 4) is 11.3 Å². The molecule has 0 saturated carbocycles. The molecule has 0 aliphatic heterocycles. The molecule has 1 aromatic heterocycles. The Hall–Kier alpha value is -4.59. The van der Waals surface area contributed by atoms with Gasteiger partial charge in [0.1, 0.15) is 0 Å². The van der Waals surface area contributed by atoms with Gasteiger partial charge in [0, 0.05) is 47.0 Å². The molecule has 0 fully saturated rings. The third kappa shape index (κ3) is 7.18. The molecule has 5 N–H and O–H groups in total. The predicted molar refractivity (Wildman–Crippen MR) is 173 cm³/mol. The number of amides is 1. The zero-order chi connectivity index (χ0) is 29.5. The highest BCUT2D eigenvalue weighted by atomic mass is 16.1. The van der Waals surface area contributed by atoms with Crippen molar-refractivity contribution in [2.24, 2.45) is 11.7 Å². The van der Waals surface area contributed by atoms with Crippen molar-refractivity contribution >= 4 is 34.1 Å². The molecule has 214 valence electrons. The summed E-state index contributed by atoms with van der Waals surface area (Å²) < 4.78 is 0. The second-order valence-electron chi connectivity index (χ2n) is 11.0. The van der Waals surface area contributed by atoms with Gasteiger partial charge in [-0.3, -0.25) is 4.79 Å². The predicted octanol–water partition coefficient (Wildman–Crippen LogP) is 7.28. The number of benzene rings is 4. The molecule has 1 unspecified atom stereocenters. The van der Waals surface area contributed by atoms with Crippen molar-refractivity contribution in [2.75, 3.05) is 10.6 Å². The quantitative estimate of drug-likeness (QED) is 0.136. The van der Waals surface area contributed by atoms with Crippen LogP contribution in [0.4, 0.5) is 17.3 Å². The third-order valence-electron chi connectivity index (χ3n) is 7.18. The van der Waals surface area contributed by atoms with Gasteiger partial charge >= 0.3 is 0 Å². The molecule has 0 aliphatic carbocycles. The van der Waals surface area contributed by atoms with E-state index in [1.807, 2.05) is 78.9 Å². The number of nitrogens with two attached hydrogens (primary N) is 1. The summed E-state index contributed by atoms with van der Waals surface area (Å²) in [5, 5.41) is 10.9. The number of nitrogens with one attached hydrogen (secondary N) is 3. The molecule has 0 saturated heterocycles. The molecule has 4 aromatic carbocycles. The molecule has 7 heteroatoms. The SMILES string of the molecule is CC(C)CC(C)NCc1ccc(CN)c(NC(=O)c2ccc(Nc3nc(-c4ccccc4)c4ccccc4n3)cc2)c1. The summed E-state index contributed by atoms with van der Waals surface area (Å²) in [5.74, 6) is 0.934. The minimum atomic E-state index is -0.192. The molecule has 1 atom stereocenters. The molecule has 5 aromatic rings. The Labute approximate surface area is 247 Å². The third-order valence-corrected chi connectivity index (χ3v) is 7.18. The first-order chi connectivity index (χ1) is 20.4. The summed E-state index contributed by atoms with van der Waals surface area (Å²) in [7, 11) is 0. The minimum absolute atomic E-state index is 0.192. The van der Waals surface area contributed by atoms with Gasteiger partial charge in [-0.1, -0.05) is 74.5 Å². The molecule has 0 aliphatic rings. The Kier molecular flexibility index (Phi) is 9.21. The lowest BCUT2D eigenvalue weighted by molar-refractivity contribution is 0.102. The molecule has 5 rings (SSSR count). The normalized spacial score (nSPS) is 11.9. The van der Waals surface area contributed by atoms with Crippen LogP contribution in [0.15, 0.2) is 97.1 Å². The zero-order valence-electron chi connectivity index (χ0n) is 24.4. The molecule has 42 heavy (non-hydrogen) atoms. The largest absolute Gasteiger partial charge is 0.326 e. The lowest BCUT2D eigenvalue weighted by Crippen LogP contribution is -2.27. The van der Waals surface area contributed by atoms with Crippen LogP contribution in [0.1, 0.15) is 48.7 Å². The van der Waals surface area contributed by atoms with E-state index in [1.165, 1.54) is 0 Å². The van der Waals surface area contributed by atoms with E-state index < -0.39 is 0 Å². The summed E-state index contributed by atoms with van der Waals surface area (Å²) in [6, 6.07) is 31.8. The van der Waals surface area contributed by atoms with Crippen LogP contribution in [0, 0.1) is 5.92 Å². The summed E-state index contributed by atoms with van der Waals surface area (Å²) in [6.07, 6.45) is 1.11. The Morgan fingerprint density at radius 1 is 0.857 bits per heavy atom. The van der Waals surface area contributed by atoms with Gasteiger partial charge in [-0.15, -0.1) is 0 Å². The number of para-hydroxylation sites is 1. The van der Waals surface area contributed by atoms with E-state index >= 15 is 0 Å². The maximum Gasteiger partial charge on any atom is 0.255 e. The first-order valence-electron chi connectivity index (χ1n) is 14.5. The number of carbonyl (C=O) groups is 1. The topological polar surface area (TPSA) is 105 Å². The smallest absolute Gasteiger partial charge is 0.255 e. The van der Waals surface area contributed by atoms with Crippen molar-refractivity contribution in [1.82, 2.24) is 15.3 Å². The van der Waals surface area contributed by atoms with E-state index in [-0.39, 0.29) is 5.91 Å². The molecular weight excluding hydrogens is 520 g/mol. The first-order valence-corrected chi connectivity index (χ1v) is 14.5. The van der Waals surface area contributed by atoms with Crippen molar-refractivity contribution in [1.29, 1.82) is 0 Å². The Balaban J connectivity index is 1.30. The van der Waals surface area contributed by atoms with E-state index in [0.29, 0.717) is 30.0 Å². The van der Waals surface area contributed by atoms with Gasteiger partial charge < -0.3 is 21.7 Å². The maximum atomic E-state index is 13.2. The molecule has 1 heterocycles. The number of nitrogens with zero attached hydrogens (tertiary/aromatic N) is 2. The number of fused-ring (bicyclic) bond motifs is 1. The summed E-state index contributed by atoms with van der Waals surface area (Å²) in [5.41, 5.74) is 12.8. The fraction of sp³-hybridized carbons (Fsp3) is 0.229. The van der Waals surface area contributed by atoms with E-state index in [1.54, 1.807) is 12.1 Å². The van der Waals surface area contributed by atoms with Crippen LogP contribution < -0.4 is 21.7 Å².